The third-order valence-electron chi connectivity index (χ3n) is 23.6. The van der Waals surface area contributed by atoms with E-state index < -0.39 is 0 Å². The van der Waals surface area contributed by atoms with Crippen molar-refractivity contribution in [2.24, 2.45) is 0 Å². The summed E-state index contributed by atoms with van der Waals surface area (Å²) in [7, 11) is 0. The molecule has 8 aromatic heterocycles. The maximum atomic E-state index is 6.10. The van der Waals surface area contributed by atoms with Crippen molar-refractivity contribution in [3.05, 3.63) is 283 Å². The van der Waals surface area contributed by atoms with E-state index in [-0.39, 0.29) is 43.3 Å². The molecule has 0 saturated heterocycles. The third-order valence-corrected chi connectivity index (χ3v) is 23.6. The third kappa shape index (κ3) is 16.3. The van der Waals surface area contributed by atoms with Crippen molar-refractivity contribution in [1.82, 2.24) is 49.8 Å². The minimum atomic E-state index is -0.207. The van der Waals surface area contributed by atoms with Crippen LogP contribution in [-0.2, 0) is 43.3 Å². The van der Waals surface area contributed by atoms with E-state index in [9.17, 15) is 0 Å². The molecule has 10 heteroatoms. The highest BCUT2D eigenvalue weighted by Gasteiger charge is 2.31. The summed E-state index contributed by atoms with van der Waals surface area (Å²) in [5, 5.41) is 0. The standard InChI is InChI=1S/C110H112N10/c1-103(2,3)71-53-67(54-72(61-71)104(4,5)6)97-85-33-29-81(113-85)79(27-25-65-45-49-111-50-46-65)83-31-35-93(115-83)101(95-43-41-91(119-95)99(89-39-37-87(97)117-89)69-57-75(107(13,14)15)63-76(58-69)108(16,17)18)102-94-36-32-84(116-94)80(28-26-66-47-51-112-52-48-66)82-30-34-86(114-82)98(68-55-73(105(7,8)9)62-74(56-68)106(10,11)12)88-38-40-90(118-88)100(92-42-44-96(102)120-92)70-59-77(109(19,20)21)64-78(60-70)110(22,23)24/h29-64,115-118H,1-24H3. The predicted molar refractivity (Wildman–Crippen MR) is 508 cm³/mol. The molecule has 4 N–H and O–H groups in total. The van der Waals surface area contributed by atoms with Gasteiger partial charge in [0, 0.05) is 102 Å². The van der Waals surface area contributed by atoms with Crippen molar-refractivity contribution < 1.29 is 0 Å². The number of aromatic amines is 4. The molecule has 10 nitrogen and oxygen atoms in total. The summed E-state index contributed by atoms with van der Waals surface area (Å²) in [4.78, 5) is 49.0. The van der Waals surface area contributed by atoms with Crippen LogP contribution in [0.25, 0.3) is 148 Å². The van der Waals surface area contributed by atoms with Crippen molar-refractivity contribution in [3.8, 4) is 79.3 Å². The molecule has 12 aromatic rings. The summed E-state index contributed by atoms with van der Waals surface area (Å²) in [6, 6.07) is 54.0. The highest BCUT2D eigenvalue weighted by Crippen LogP contribution is 2.47. The molecule has 0 saturated carbocycles. The van der Waals surface area contributed by atoms with E-state index in [1.807, 2.05) is 24.3 Å². The normalized spacial score (nSPS) is 13.2. The van der Waals surface area contributed by atoms with Gasteiger partial charge in [-0.1, -0.05) is 263 Å². The smallest absolute Gasteiger partial charge is 0.0815 e. The number of fused-ring (bicyclic) bond motifs is 16. The van der Waals surface area contributed by atoms with Crippen molar-refractivity contribution >= 4 is 92.7 Å². The topological polar surface area (TPSA) is 140 Å². The summed E-state index contributed by atoms with van der Waals surface area (Å²) >= 11 is 0. The van der Waals surface area contributed by atoms with Crippen LogP contribution in [0.15, 0.2) is 170 Å². The zero-order valence-electron chi connectivity index (χ0n) is 74.5. The number of H-pyrrole nitrogens is 4. The number of nitrogens with one attached hydrogen (secondary N) is 4. The Morgan fingerprint density at radius 1 is 0.200 bits per heavy atom. The quantitative estimate of drug-likeness (QED) is 0.127. The first-order chi connectivity index (χ1) is 56.4. The Morgan fingerprint density at radius 2 is 0.383 bits per heavy atom. The Kier molecular flexibility index (Phi) is 20.2. The lowest BCUT2D eigenvalue weighted by atomic mass is 9.78. The predicted octanol–water partition coefficient (Wildman–Crippen LogP) is 27.9. The molecule has 4 aliphatic heterocycles. The van der Waals surface area contributed by atoms with Gasteiger partial charge in [-0.05, 0) is 231 Å². The van der Waals surface area contributed by atoms with Gasteiger partial charge in [0.25, 0.3) is 0 Å². The molecule has 602 valence electrons. The molecule has 16 bridgehead atoms. The Hall–Kier alpha value is -12.5. The zero-order chi connectivity index (χ0) is 85.3. The van der Waals surface area contributed by atoms with Gasteiger partial charge in [0.15, 0.2) is 0 Å². The molecule has 0 spiro atoms. The van der Waals surface area contributed by atoms with E-state index in [0.29, 0.717) is 33.9 Å². The fourth-order valence-corrected chi connectivity index (χ4v) is 16.1. The van der Waals surface area contributed by atoms with Crippen molar-refractivity contribution in [1.29, 1.82) is 0 Å². The van der Waals surface area contributed by atoms with Crippen molar-refractivity contribution in [2.75, 3.05) is 0 Å². The van der Waals surface area contributed by atoms with Crippen LogP contribution >= 0.6 is 0 Å². The summed E-state index contributed by atoms with van der Waals surface area (Å²) in [5.41, 5.74) is 33.9. The molecule has 0 radical (unpaired) electrons. The highest BCUT2D eigenvalue weighted by molar-refractivity contribution is 6.05. The number of nitrogens with zero attached hydrogens (tertiary/aromatic N) is 6. The van der Waals surface area contributed by atoms with Gasteiger partial charge in [-0.2, -0.15) is 0 Å². The Morgan fingerprint density at radius 3 is 0.608 bits per heavy atom. The molecule has 120 heavy (non-hydrogen) atoms. The molecular formula is C110H112N10. The van der Waals surface area contributed by atoms with Crippen LogP contribution in [0.1, 0.15) is 278 Å². The average Bonchev–Trinajstić information content (AvgIpc) is 1.58. The molecule has 0 atom stereocenters. The van der Waals surface area contributed by atoms with Gasteiger partial charge in [-0.3, -0.25) is 9.97 Å². The van der Waals surface area contributed by atoms with Crippen molar-refractivity contribution in [3.63, 3.8) is 0 Å². The van der Waals surface area contributed by atoms with Gasteiger partial charge in [-0.25, -0.2) is 19.9 Å². The molecule has 0 aliphatic carbocycles. The zero-order valence-corrected chi connectivity index (χ0v) is 74.5. The number of hydrogen-bond acceptors (Lipinski definition) is 6. The van der Waals surface area contributed by atoms with Gasteiger partial charge in [0.1, 0.15) is 0 Å². The molecule has 4 aromatic carbocycles. The van der Waals surface area contributed by atoms with Gasteiger partial charge >= 0.3 is 0 Å². The van der Waals surface area contributed by atoms with Crippen LogP contribution in [0.5, 0.6) is 0 Å². The van der Waals surface area contributed by atoms with Gasteiger partial charge < -0.3 is 19.9 Å². The first-order valence-electron chi connectivity index (χ1n) is 42.3. The fraction of sp³-hybridized carbons (Fsp3) is 0.291. The monoisotopic (exact) mass is 1570 g/mol. The van der Waals surface area contributed by atoms with Crippen LogP contribution in [0.4, 0.5) is 0 Å². The lowest BCUT2D eigenvalue weighted by Crippen LogP contribution is -2.16. The van der Waals surface area contributed by atoms with Crippen LogP contribution in [0, 0.1) is 23.7 Å². The van der Waals surface area contributed by atoms with E-state index in [0.717, 1.165) is 134 Å². The van der Waals surface area contributed by atoms with Crippen LogP contribution in [0.2, 0.25) is 0 Å². The van der Waals surface area contributed by atoms with E-state index >= 15 is 0 Å². The fourth-order valence-electron chi connectivity index (χ4n) is 16.1. The number of pyridine rings is 2. The summed E-state index contributed by atoms with van der Waals surface area (Å²) in [6.07, 6.45) is 24.5. The molecule has 16 rings (SSSR count). The molecule has 12 heterocycles. The minimum Gasteiger partial charge on any atom is -0.354 e. The Labute approximate surface area is 709 Å². The van der Waals surface area contributed by atoms with E-state index in [1.54, 1.807) is 24.8 Å². The molecule has 4 aliphatic rings. The number of aromatic nitrogens is 10. The van der Waals surface area contributed by atoms with Gasteiger partial charge in [0.05, 0.1) is 67.7 Å². The lowest BCUT2D eigenvalue weighted by molar-refractivity contribution is 0.568. The minimum absolute atomic E-state index is 0.169. The van der Waals surface area contributed by atoms with Gasteiger partial charge in [0.2, 0.25) is 0 Å². The SMILES string of the molecule is CC(C)(C)c1cc(-c2c3nc(c(C#Cc4ccncc4)c4ccc([nH]4)c(-c4c5nc(c(-c6cc(C(C)(C)C)cc(C(C)(C)C)c6)c6ccc([nH]6)c(-c6cc(C(C)(C)C)cc(C(C)(C)C)c6)c6nc(c(C#Cc7ccncc7)c7ccc4[nH]7)C=C6)C=C5)c4nc(c(-c5cc(C(C)(C)C)cc(C(C)(C)C)c5)c5ccc2[nH]5)C=C4)C=C3)cc(C(C)(C)C)c1. The molecule has 0 unspecified atom stereocenters. The number of benzene rings is 4. The Bertz CT molecular complexity index is 6280. The molecule has 0 amide bonds. The second-order valence-corrected chi connectivity index (χ2v) is 41.2. The summed E-state index contributed by atoms with van der Waals surface area (Å²) in [5.74, 6) is 14.5. The van der Waals surface area contributed by atoms with E-state index in [1.165, 1.54) is 44.5 Å². The second-order valence-electron chi connectivity index (χ2n) is 41.2. The first kappa shape index (κ1) is 81.3. The lowest BCUT2D eigenvalue weighted by Gasteiger charge is -2.26. The summed E-state index contributed by atoms with van der Waals surface area (Å²) in [6.45, 7) is 55.3. The largest absolute Gasteiger partial charge is 0.354 e. The Balaban J connectivity index is 1.11. The van der Waals surface area contributed by atoms with E-state index in [2.05, 4.69) is 390 Å². The summed E-state index contributed by atoms with van der Waals surface area (Å²) < 4.78 is 0. The molecule has 0 fully saturated rings. The number of hydrogen-bond donors (Lipinski definition) is 4. The van der Waals surface area contributed by atoms with Gasteiger partial charge in [-0.15, -0.1) is 0 Å². The van der Waals surface area contributed by atoms with E-state index in [4.69, 9.17) is 19.9 Å². The molecular weight excluding hydrogens is 1460 g/mol. The maximum absolute atomic E-state index is 6.10. The van der Waals surface area contributed by atoms with Crippen molar-refractivity contribution in [2.45, 2.75) is 209 Å². The average molecular weight is 1570 g/mol. The second kappa shape index (κ2) is 29.8. The maximum Gasteiger partial charge on any atom is 0.0815 e. The van der Waals surface area contributed by atoms with Crippen LogP contribution in [0.3, 0.4) is 0 Å². The first-order valence-corrected chi connectivity index (χ1v) is 42.3. The van der Waals surface area contributed by atoms with Crippen LogP contribution < -0.4 is 0 Å². The highest BCUT2D eigenvalue weighted by atomic mass is 14.8. The number of rotatable bonds is 5. The van der Waals surface area contributed by atoms with Crippen LogP contribution in [-0.4, -0.2) is 49.8 Å².